The number of nitrogens with zero attached hydrogens (tertiary/aromatic N) is 2. The molecule has 1 aromatic carbocycles. The molecular weight excluding hydrogens is 390 g/mol. The van der Waals surface area contributed by atoms with E-state index in [0.29, 0.717) is 24.8 Å². The van der Waals surface area contributed by atoms with Crippen LogP contribution in [-0.2, 0) is 16.0 Å². The number of halogens is 1. The molecule has 0 aromatic heterocycles. The van der Waals surface area contributed by atoms with E-state index in [-0.39, 0.29) is 36.3 Å². The molecule has 4 rings (SSSR count). The van der Waals surface area contributed by atoms with E-state index in [2.05, 4.69) is 17.0 Å². The van der Waals surface area contributed by atoms with Gasteiger partial charge >= 0.3 is 0 Å². The van der Waals surface area contributed by atoms with Gasteiger partial charge in [-0.3, -0.25) is 9.59 Å². The molecule has 3 aliphatic heterocycles. The SMILES string of the molecule is COc1cccc(C[C@H]2[C@H]3C[C@H](CN(C(=O)[C@@H](C)N)C3)[C@@H]3CCCC(=O)N32)c1.Cl. The van der Waals surface area contributed by atoms with E-state index < -0.39 is 6.04 Å². The van der Waals surface area contributed by atoms with Crippen LogP contribution in [-0.4, -0.2) is 59.9 Å². The van der Waals surface area contributed by atoms with E-state index in [1.807, 2.05) is 17.0 Å². The quantitative estimate of drug-likeness (QED) is 0.808. The smallest absolute Gasteiger partial charge is 0.239 e. The number of ether oxygens (including phenoxy) is 1. The molecule has 6 nitrogen and oxygen atoms in total. The Kier molecular flexibility index (Phi) is 6.74. The zero-order valence-electron chi connectivity index (χ0n) is 17.3. The summed E-state index contributed by atoms with van der Waals surface area (Å²) in [6, 6.07) is 8.01. The lowest BCUT2D eigenvalue weighted by atomic mass is 9.70. The van der Waals surface area contributed by atoms with Gasteiger partial charge in [0.25, 0.3) is 0 Å². The maximum Gasteiger partial charge on any atom is 0.239 e. The fraction of sp³-hybridized carbons (Fsp3) is 0.636. The van der Waals surface area contributed by atoms with Crippen LogP contribution in [0, 0.1) is 11.8 Å². The summed E-state index contributed by atoms with van der Waals surface area (Å²) in [6.07, 6.45) is 4.53. The summed E-state index contributed by atoms with van der Waals surface area (Å²) < 4.78 is 5.38. The van der Waals surface area contributed by atoms with Crippen LogP contribution in [0.2, 0.25) is 0 Å². The fourth-order valence-corrected chi connectivity index (χ4v) is 5.55. The summed E-state index contributed by atoms with van der Waals surface area (Å²) in [5.41, 5.74) is 7.07. The van der Waals surface area contributed by atoms with Gasteiger partial charge in [0.1, 0.15) is 5.75 Å². The Morgan fingerprint density at radius 1 is 1.31 bits per heavy atom. The van der Waals surface area contributed by atoms with Crippen molar-refractivity contribution >= 4 is 24.2 Å². The second kappa shape index (κ2) is 8.92. The van der Waals surface area contributed by atoms with Crippen molar-refractivity contribution in [3.8, 4) is 5.75 Å². The van der Waals surface area contributed by atoms with Gasteiger partial charge in [-0.05, 0) is 62.1 Å². The molecule has 160 valence electrons. The van der Waals surface area contributed by atoms with Crippen molar-refractivity contribution in [2.45, 2.75) is 57.2 Å². The number of benzene rings is 1. The van der Waals surface area contributed by atoms with Crippen molar-refractivity contribution < 1.29 is 14.3 Å². The predicted octanol–water partition coefficient (Wildman–Crippen LogP) is 2.23. The van der Waals surface area contributed by atoms with Gasteiger partial charge in [-0.15, -0.1) is 12.4 Å². The number of hydrogen-bond donors (Lipinski definition) is 1. The highest BCUT2D eigenvalue weighted by Gasteiger charge is 2.50. The molecule has 5 atom stereocenters. The number of fused-ring (bicyclic) bond motifs is 4. The Labute approximate surface area is 179 Å². The number of carbonyl (C=O) groups excluding carboxylic acids is 2. The molecule has 2 amide bonds. The molecule has 2 bridgehead atoms. The second-order valence-corrected chi connectivity index (χ2v) is 8.67. The normalized spacial score (nSPS) is 29.6. The molecule has 0 unspecified atom stereocenters. The van der Waals surface area contributed by atoms with Crippen LogP contribution in [0.25, 0.3) is 0 Å². The maximum atomic E-state index is 12.9. The summed E-state index contributed by atoms with van der Waals surface area (Å²) in [7, 11) is 1.67. The number of carbonyl (C=O) groups is 2. The van der Waals surface area contributed by atoms with Crippen LogP contribution in [0.1, 0.15) is 38.2 Å². The largest absolute Gasteiger partial charge is 0.497 e. The molecule has 29 heavy (non-hydrogen) atoms. The first kappa shape index (κ1) is 21.9. The Morgan fingerprint density at radius 3 is 2.79 bits per heavy atom. The van der Waals surface area contributed by atoms with E-state index in [9.17, 15) is 9.59 Å². The molecule has 1 aromatic rings. The van der Waals surface area contributed by atoms with E-state index >= 15 is 0 Å². The average Bonchev–Trinajstić information content (AvgIpc) is 2.70. The molecule has 0 radical (unpaired) electrons. The zero-order chi connectivity index (χ0) is 19.8. The Bertz CT molecular complexity index is 757. The summed E-state index contributed by atoms with van der Waals surface area (Å²) in [5.74, 6) is 1.82. The predicted molar refractivity (Wildman–Crippen MR) is 114 cm³/mol. The van der Waals surface area contributed by atoms with Gasteiger partial charge in [0.15, 0.2) is 0 Å². The van der Waals surface area contributed by atoms with Gasteiger partial charge in [0.05, 0.1) is 13.2 Å². The van der Waals surface area contributed by atoms with E-state index in [0.717, 1.165) is 38.0 Å². The van der Waals surface area contributed by atoms with Crippen LogP contribution < -0.4 is 10.5 Å². The van der Waals surface area contributed by atoms with Crippen LogP contribution in [0.4, 0.5) is 0 Å². The number of amides is 2. The van der Waals surface area contributed by atoms with Crippen LogP contribution in [0.5, 0.6) is 5.75 Å². The lowest BCUT2D eigenvalue weighted by molar-refractivity contribution is -0.156. The van der Waals surface area contributed by atoms with Crippen molar-refractivity contribution in [3.05, 3.63) is 29.8 Å². The monoisotopic (exact) mass is 421 g/mol. The summed E-state index contributed by atoms with van der Waals surface area (Å²) in [4.78, 5) is 29.7. The molecule has 3 aliphatic rings. The molecular formula is C22H32ClN3O3. The van der Waals surface area contributed by atoms with E-state index in [1.54, 1.807) is 14.0 Å². The number of rotatable bonds is 4. The standard InChI is InChI=1S/C22H31N3O3.ClH/c1-14(23)22(27)24-12-16-11-17(13-24)20(25-19(16)7-4-8-21(25)26)10-15-5-3-6-18(9-15)28-2;/h3,5-6,9,14,16-17,19-20H,4,7-8,10-13,23H2,1-2H3;1H/t14-,16-,17+,19+,20+;/m1./s1. The summed E-state index contributed by atoms with van der Waals surface area (Å²) in [5, 5.41) is 0. The van der Waals surface area contributed by atoms with Gasteiger partial charge in [-0.1, -0.05) is 12.1 Å². The first-order valence-electron chi connectivity index (χ1n) is 10.5. The average molecular weight is 422 g/mol. The summed E-state index contributed by atoms with van der Waals surface area (Å²) in [6.45, 7) is 3.19. The minimum absolute atomic E-state index is 0. The van der Waals surface area contributed by atoms with Gasteiger partial charge in [-0.25, -0.2) is 0 Å². The van der Waals surface area contributed by atoms with Gasteiger partial charge in [0, 0.05) is 31.6 Å². The number of likely N-dealkylation sites (tertiary alicyclic amines) is 1. The lowest BCUT2D eigenvalue weighted by Gasteiger charge is -2.57. The zero-order valence-corrected chi connectivity index (χ0v) is 18.1. The molecule has 0 spiro atoms. The van der Waals surface area contributed by atoms with E-state index in [4.69, 9.17) is 10.5 Å². The lowest BCUT2D eigenvalue weighted by Crippen LogP contribution is -2.66. The molecule has 3 saturated heterocycles. The van der Waals surface area contributed by atoms with Gasteiger partial charge in [-0.2, -0.15) is 0 Å². The van der Waals surface area contributed by atoms with Crippen molar-refractivity contribution in [1.82, 2.24) is 9.80 Å². The minimum Gasteiger partial charge on any atom is -0.497 e. The van der Waals surface area contributed by atoms with Gasteiger partial charge < -0.3 is 20.3 Å². The second-order valence-electron chi connectivity index (χ2n) is 8.67. The molecule has 7 heteroatoms. The molecule has 0 saturated carbocycles. The number of hydrogen-bond acceptors (Lipinski definition) is 4. The first-order valence-corrected chi connectivity index (χ1v) is 10.5. The summed E-state index contributed by atoms with van der Waals surface area (Å²) >= 11 is 0. The fourth-order valence-electron chi connectivity index (χ4n) is 5.55. The first-order chi connectivity index (χ1) is 13.5. The van der Waals surface area contributed by atoms with Crippen molar-refractivity contribution in [3.63, 3.8) is 0 Å². The highest BCUT2D eigenvalue weighted by atomic mass is 35.5. The van der Waals surface area contributed by atoms with Crippen molar-refractivity contribution in [1.29, 1.82) is 0 Å². The Hall–Kier alpha value is -1.79. The topological polar surface area (TPSA) is 75.9 Å². The van der Waals surface area contributed by atoms with Gasteiger partial charge in [0.2, 0.25) is 11.8 Å². The maximum absolute atomic E-state index is 12.9. The third-order valence-corrected chi connectivity index (χ3v) is 6.78. The highest BCUT2D eigenvalue weighted by Crippen LogP contribution is 2.42. The minimum atomic E-state index is -0.472. The number of nitrogens with two attached hydrogens (primary N) is 1. The van der Waals surface area contributed by atoms with E-state index in [1.165, 1.54) is 5.56 Å². The highest BCUT2D eigenvalue weighted by molar-refractivity contribution is 5.85. The van der Waals surface area contributed by atoms with Crippen LogP contribution in [0.15, 0.2) is 24.3 Å². The molecule has 0 aliphatic carbocycles. The van der Waals surface area contributed by atoms with Crippen molar-refractivity contribution in [2.24, 2.45) is 17.6 Å². The number of methoxy groups -OCH3 is 1. The third kappa shape index (κ3) is 4.24. The Balaban J connectivity index is 0.00000240. The van der Waals surface area contributed by atoms with Crippen LogP contribution in [0.3, 0.4) is 0 Å². The van der Waals surface area contributed by atoms with Crippen molar-refractivity contribution in [2.75, 3.05) is 20.2 Å². The van der Waals surface area contributed by atoms with Crippen LogP contribution >= 0.6 is 12.4 Å². The number of piperidine rings is 3. The molecule has 3 fully saturated rings. The third-order valence-electron chi connectivity index (χ3n) is 6.78. The Morgan fingerprint density at radius 2 is 2.07 bits per heavy atom. The molecule has 3 heterocycles. The molecule has 2 N–H and O–H groups in total.